The van der Waals surface area contributed by atoms with Crippen LogP contribution in [0.25, 0.3) is 0 Å². The summed E-state index contributed by atoms with van der Waals surface area (Å²) >= 11 is 0. The third-order valence-electron chi connectivity index (χ3n) is 13.1. The van der Waals surface area contributed by atoms with Gasteiger partial charge in [-0.3, -0.25) is 59.9 Å². The number of aromatic nitrogens is 2. The second-order valence-corrected chi connectivity index (χ2v) is 22.1. The van der Waals surface area contributed by atoms with Gasteiger partial charge in [-0.25, -0.2) is 16.8 Å². The highest BCUT2D eigenvalue weighted by Gasteiger charge is 2.26. The molecule has 6 aromatic rings. The third-order valence-corrected chi connectivity index (χ3v) is 16.2. The topological polar surface area (TPSA) is 281 Å². The summed E-state index contributed by atoms with van der Waals surface area (Å²) in [5, 5.41) is 5.67. The SMILES string of the molecule is CCN(CC)C(=O)c1ccc[n+](CC(=O)Nc2c(C)ccc(S(=O)(=O)Nc3ccc(NNC(=O)C(=O)NNc4ccc(NS(=O)(=O)c5ccc(C)c(NC(=O)C[n+]6cccc(C(=O)N(CC)CC)c6)c5C)cc4C)c(C)c3)c2C)c1. The van der Waals surface area contributed by atoms with E-state index in [0.29, 0.717) is 93.4 Å². The number of nitrogens with zero attached hydrogens (tertiary/aromatic N) is 4. The zero-order valence-corrected chi connectivity index (χ0v) is 48.0. The standard InChI is InChI=1S/C56H66N12O10S2/c1-11-67(12-2)55(73)41-17-15-27-65(31-41)33-49(69)57-51-35(5)19-25-47(39(51)9)79(75,76)63-43-21-23-45(37(7)29-43)59-61-53(71)54(72)62-60-46-24-22-44(30-38(46)8)64-80(77,78)48-26-20-36(6)52(40(48)10)58-50(70)34-66-28-16-18-42(32-66)56(74)68(13-3)14-4/h15-32H,11-14,33-34H2,1-10H3,(H6-2,57,58,59,60,61,62,63,64,69,70,71,72)/p+2. The Morgan fingerprint density at radius 1 is 0.475 bits per heavy atom. The fraction of sp³-hybridized carbons (Fsp3) is 0.286. The average Bonchev–Trinajstić information content (AvgIpc) is 3.43. The predicted molar refractivity (Wildman–Crippen MR) is 304 cm³/mol. The Bertz CT molecular complexity index is 3370. The number of hydrazine groups is 2. The van der Waals surface area contributed by atoms with E-state index in [9.17, 15) is 45.6 Å². The fourth-order valence-electron chi connectivity index (χ4n) is 8.71. The lowest BCUT2D eigenvalue weighted by atomic mass is 10.1. The van der Waals surface area contributed by atoms with Crippen LogP contribution in [0, 0.1) is 41.5 Å². The van der Waals surface area contributed by atoms with Gasteiger partial charge in [-0.15, -0.1) is 0 Å². The number of anilines is 6. The Labute approximate surface area is 466 Å². The maximum absolute atomic E-state index is 13.8. The number of carbonyl (C=O) groups is 6. The number of hydrogen-bond acceptors (Lipinski definition) is 12. The minimum atomic E-state index is -4.20. The van der Waals surface area contributed by atoms with Gasteiger partial charge in [0.05, 0.1) is 21.2 Å². The smallest absolute Gasteiger partial charge is 0.329 e. The number of hydrogen-bond donors (Lipinski definition) is 8. The van der Waals surface area contributed by atoms with Crippen molar-refractivity contribution in [2.24, 2.45) is 0 Å². The Hall–Kier alpha value is -8.90. The van der Waals surface area contributed by atoms with Crippen LogP contribution in [0.5, 0.6) is 0 Å². The van der Waals surface area contributed by atoms with Crippen molar-refractivity contribution in [3.05, 3.63) is 154 Å². The first-order valence-electron chi connectivity index (χ1n) is 25.7. The number of rotatable bonds is 22. The summed E-state index contributed by atoms with van der Waals surface area (Å²) in [6.45, 7) is 19.4. The highest BCUT2D eigenvalue weighted by Crippen LogP contribution is 2.31. The molecule has 2 aromatic heterocycles. The van der Waals surface area contributed by atoms with Gasteiger partial charge in [0.1, 0.15) is 11.1 Å². The van der Waals surface area contributed by atoms with E-state index in [2.05, 4.69) is 41.8 Å². The maximum Gasteiger partial charge on any atom is 0.329 e. The summed E-state index contributed by atoms with van der Waals surface area (Å²) in [5.41, 5.74) is 15.4. The summed E-state index contributed by atoms with van der Waals surface area (Å²) in [6.07, 6.45) is 6.52. The van der Waals surface area contributed by atoms with Gasteiger partial charge in [0, 0.05) is 61.1 Å². The molecule has 0 unspecified atom stereocenters. The molecule has 8 N–H and O–H groups in total. The molecular weight excluding hydrogens is 1060 g/mol. The van der Waals surface area contributed by atoms with Crippen LogP contribution < -0.4 is 50.9 Å². The zero-order valence-electron chi connectivity index (χ0n) is 46.3. The molecule has 0 aliphatic rings. The molecule has 0 saturated heterocycles. The van der Waals surface area contributed by atoms with Gasteiger partial charge in [-0.1, -0.05) is 12.1 Å². The Morgan fingerprint density at radius 3 is 1.18 bits per heavy atom. The van der Waals surface area contributed by atoms with E-state index in [-0.39, 0.29) is 46.1 Å². The largest absolute Gasteiger partial charge is 0.339 e. The zero-order chi connectivity index (χ0) is 58.6. The van der Waals surface area contributed by atoms with Gasteiger partial charge >= 0.3 is 11.8 Å². The van der Waals surface area contributed by atoms with Crippen LogP contribution in [-0.2, 0) is 52.3 Å². The van der Waals surface area contributed by atoms with Crippen LogP contribution in [0.15, 0.2) is 120 Å². The van der Waals surface area contributed by atoms with Crippen LogP contribution in [0.2, 0.25) is 0 Å². The number of nitrogens with one attached hydrogen (secondary N) is 8. The van der Waals surface area contributed by atoms with E-state index in [1.807, 2.05) is 27.7 Å². The highest BCUT2D eigenvalue weighted by atomic mass is 32.2. The molecule has 80 heavy (non-hydrogen) atoms. The van der Waals surface area contributed by atoms with Gasteiger partial charge in [0.2, 0.25) is 13.1 Å². The summed E-state index contributed by atoms with van der Waals surface area (Å²) in [7, 11) is -8.39. The van der Waals surface area contributed by atoms with Crippen LogP contribution in [0.4, 0.5) is 34.1 Å². The van der Waals surface area contributed by atoms with E-state index in [1.54, 1.807) is 122 Å². The second kappa shape index (κ2) is 26.2. The van der Waals surface area contributed by atoms with Crippen LogP contribution in [0.1, 0.15) is 81.8 Å². The van der Waals surface area contributed by atoms with Crippen molar-refractivity contribution in [2.75, 3.05) is 57.1 Å². The van der Waals surface area contributed by atoms with Crippen molar-refractivity contribution in [3.63, 3.8) is 0 Å². The molecule has 0 radical (unpaired) electrons. The molecule has 0 bridgehead atoms. The molecule has 0 aliphatic heterocycles. The second-order valence-electron chi connectivity index (χ2n) is 18.8. The van der Waals surface area contributed by atoms with Crippen molar-refractivity contribution in [1.82, 2.24) is 20.7 Å². The summed E-state index contributed by atoms with van der Waals surface area (Å²) < 4.78 is 63.4. The van der Waals surface area contributed by atoms with E-state index < -0.39 is 43.7 Å². The molecule has 0 fully saturated rings. The molecule has 2 heterocycles. The molecular formula is C56H68N12O10S2+2. The average molecular weight is 1130 g/mol. The Morgan fingerprint density at radius 2 is 0.838 bits per heavy atom. The van der Waals surface area contributed by atoms with Crippen LogP contribution in [0.3, 0.4) is 0 Å². The predicted octanol–water partition coefficient (Wildman–Crippen LogP) is 5.54. The summed E-state index contributed by atoms with van der Waals surface area (Å²) in [6, 6.07) is 21.7. The minimum Gasteiger partial charge on any atom is -0.339 e. The quantitative estimate of drug-likeness (QED) is 0.0236. The van der Waals surface area contributed by atoms with Crippen molar-refractivity contribution in [2.45, 2.75) is 92.1 Å². The molecule has 6 rings (SSSR count). The number of pyridine rings is 2. The van der Waals surface area contributed by atoms with Crippen molar-refractivity contribution in [1.29, 1.82) is 0 Å². The lowest BCUT2D eigenvalue weighted by molar-refractivity contribution is -0.684. The van der Waals surface area contributed by atoms with Gasteiger partial charge in [-0.05, 0) is 163 Å². The molecule has 0 spiro atoms. The molecule has 24 heteroatoms. The van der Waals surface area contributed by atoms with Gasteiger partial charge < -0.3 is 20.4 Å². The molecule has 0 atom stereocenters. The first kappa shape index (κ1) is 60.3. The number of carbonyl (C=O) groups excluding carboxylic acids is 6. The summed E-state index contributed by atoms with van der Waals surface area (Å²) in [4.78, 5) is 81.2. The third kappa shape index (κ3) is 14.8. The number of benzene rings is 4. The lowest BCUT2D eigenvalue weighted by Gasteiger charge is -2.18. The number of aryl methyl sites for hydroxylation is 4. The van der Waals surface area contributed by atoms with E-state index in [1.165, 1.54) is 48.5 Å². The summed E-state index contributed by atoms with van der Waals surface area (Å²) in [5.74, 6) is -3.34. The van der Waals surface area contributed by atoms with Crippen LogP contribution in [-0.4, -0.2) is 88.3 Å². The molecule has 422 valence electrons. The number of sulfonamides is 2. The fourth-order valence-corrected chi connectivity index (χ4v) is 11.3. The lowest BCUT2D eigenvalue weighted by Crippen LogP contribution is -2.44. The number of amides is 6. The monoisotopic (exact) mass is 1130 g/mol. The molecule has 0 saturated carbocycles. The van der Waals surface area contributed by atoms with E-state index in [0.717, 1.165) is 0 Å². The van der Waals surface area contributed by atoms with E-state index in [4.69, 9.17) is 0 Å². The van der Waals surface area contributed by atoms with Crippen LogP contribution >= 0.6 is 0 Å². The first-order valence-corrected chi connectivity index (χ1v) is 28.6. The highest BCUT2D eigenvalue weighted by molar-refractivity contribution is 7.93. The normalized spacial score (nSPS) is 11.2. The van der Waals surface area contributed by atoms with Crippen molar-refractivity contribution >= 4 is 89.6 Å². The van der Waals surface area contributed by atoms with Gasteiger partial charge in [0.15, 0.2) is 24.8 Å². The Kier molecular flexibility index (Phi) is 19.7. The van der Waals surface area contributed by atoms with E-state index >= 15 is 0 Å². The molecule has 6 amide bonds. The molecule has 0 aliphatic carbocycles. The van der Waals surface area contributed by atoms with Crippen molar-refractivity contribution in [3.8, 4) is 0 Å². The molecule has 22 nitrogen and oxygen atoms in total. The maximum atomic E-state index is 13.8. The van der Waals surface area contributed by atoms with Crippen molar-refractivity contribution < 1.29 is 54.7 Å². The van der Waals surface area contributed by atoms with Gasteiger partial charge in [-0.2, -0.15) is 9.13 Å². The first-order chi connectivity index (χ1) is 37.9. The Balaban J connectivity index is 1.01. The molecule has 4 aromatic carbocycles. The minimum absolute atomic E-state index is 0.0749. The van der Waals surface area contributed by atoms with Gasteiger partial charge in [0.25, 0.3) is 43.7 Å².